The van der Waals surface area contributed by atoms with E-state index >= 15 is 0 Å². The van der Waals surface area contributed by atoms with Crippen molar-refractivity contribution in [2.45, 2.75) is 0 Å². The fourth-order valence-electron chi connectivity index (χ4n) is 1.65. The van der Waals surface area contributed by atoms with E-state index < -0.39 is 0 Å². The van der Waals surface area contributed by atoms with Gasteiger partial charge in [-0.2, -0.15) is 0 Å². The van der Waals surface area contributed by atoms with Crippen molar-refractivity contribution in [3.8, 4) is 5.82 Å². The van der Waals surface area contributed by atoms with E-state index in [0.717, 1.165) is 5.52 Å². The van der Waals surface area contributed by atoms with Crippen molar-refractivity contribution < 1.29 is 0 Å². The molecule has 0 atom stereocenters. The maximum atomic E-state index is 11.8. The highest BCUT2D eigenvalue weighted by Crippen LogP contribution is 2.10. The summed E-state index contributed by atoms with van der Waals surface area (Å²) in [5, 5.41) is 0. The molecule has 0 spiro atoms. The molecule has 3 aromatic rings. The average Bonchev–Trinajstić information content (AvgIpc) is 2.66. The van der Waals surface area contributed by atoms with Crippen molar-refractivity contribution in [2.24, 2.45) is 0 Å². The zero-order chi connectivity index (χ0) is 11.0. The minimum Gasteiger partial charge on any atom is -0.290 e. The van der Waals surface area contributed by atoms with Gasteiger partial charge in [0.2, 0.25) is 0 Å². The lowest BCUT2D eigenvalue weighted by Crippen LogP contribution is -2.15. The summed E-state index contributed by atoms with van der Waals surface area (Å²) >= 11 is 0. The monoisotopic (exact) mass is 212 g/mol. The highest BCUT2D eigenvalue weighted by molar-refractivity contribution is 5.72. The highest BCUT2D eigenvalue weighted by Gasteiger charge is 2.08. The van der Waals surface area contributed by atoms with Crippen molar-refractivity contribution in [1.82, 2.24) is 19.5 Å². The summed E-state index contributed by atoms with van der Waals surface area (Å²) in [7, 11) is 0. The number of aromatic amines is 1. The number of pyridine rings is 2. The summed E-state index contributed by atoms with van der Waals surface area (Å²) < 4.78 is 1.50. The van der Waals surface area contributed by atoms with E-state index in [0.29, 0.717) is 11.5 Å². The molecule has 0 radical (unpaired) electrons. The molecule has 3 aromatic heterocycles. The summed E-state index contributed by atoms with van der Waals surface area (Å²) in [5.41, 5.74) is 1.07. The molecule has 5 heteroatoms. The largest absolute Gasteiger partial charge is 0.333 e. The molecule has 78 valence electrons. The van der Waals surface area contributed by atoms with Gasteiger partial charge in [0.05, 0.1) is 5.52 Å². The van der Waals surface area contributed by atoms with Crippen LogP contribution in [-0.2, 0) is 0 Å². The normalized spacial score (nSPS) is 10.8. The molecular weight excluding hydrogens is 204 g/mol. The zero-order valence-electron chi connectivity index (χ0n) is 8.29. The molecule has 0 aromatic carbocycles. The molecule has 3 heterocycles. The SMILES string of the molecule is O=c1[nH]c2ncccc2n1-c1ccccn1. The molecule has 3 rings (SSSR count). The molecule has 0 saturated heterocycles. The maximum Gasteiger partial charge on any atom is 0.333 e. The number of imidazole rings is 1. The fourth-order valence-corrected chi connectivity index (χ4v) is 1.65. The second-order valence-electron chi connectivity index (χ2n) is 3.32. The third kappa shape index (κ3) is 1.22. The Labute approximate surface area is 90.4 Å². The van der Waals surface area contributed by atoms with Crippen LogP contribution in [0.25, 0.3) is 17.0 Å². The predicted octanol–water partition coefficient (Wildman–Crippen LogP) is 1.11. The predicted molar refractivity (Wildman–Crippen MR) is 59.5 cm³/mol. The van der Waals surface area contributed by atoms with Crippen LogP contribution in [0.3, 0.4) is 0 Å². The van der Waals surface area contributed by atoms with Crippen molar-refractivity contribution in [2.75, 3.05) is 0 Å². The third-order valence-electron chi connectivity index (χ3n) is 2.33. The van der Waals surface area contributed by atoms with E-state index in [1.54, 1.807) is 24.5 Å². The van der Waals surface area contributed by atoms with Crippen LogP contribution in [0, 0.1) is 0 Å². The Hall–Kier alpha value is -2.43. The summed E-state index contributed by atoms with van der Waals surface area (Å²) in [6.07, 6.45) is 3.29. The van der Waals surface area contributed by atoms with Crippen molar-refractivity contribution in [3.05, 3.63) is 53.2 Å². The summed E-state index contributed by atoms with van der Waals surface area (Å²) in [6.45, 7) is 0. The van der Waals surface area contributed by atoms with E-state index in [2.05, 4.69) is 15.0 Å². The summed E-state index contributed by atoms with van der Waals surface area (Å²) in [6, 6.07) is 9.04. The molecule has 0 aliphatic heterocycles. The number of hydrogen-bond donors (Lipinski definition) is 1. The van der Waals surface area contributed by atoms with Crippen molar-refractivity contribution in [1.29, 1.82) is 0 Å². The lowest BCUT2D eigenvalue weighted by atomic mass is 10.4. The van der Waals surface area contributed by atoms with Crippen LogP contribution >= 0.6 is 0 Å². The van der Waals surface area contributed by atoms with Gasteiger partial charge in [-0.1, -0.05) is 6.07 Å². The van der Waals surface area contributed by atoms with Crippen LogP contribution in [0.15, 0.2) is 47.5 Å². The molecule has 0 unspecified atom stereocenters. The van der Waals surface area contributed by atoms with Gasteiger partial charge >= 0.3 is 5.69 Å². The molecule has 16 heavy (non-hydrogen) atoms. The first-order valence-electron chi connectivity index (χ1n) is 4.83. The maximum absolute atomic E-state index is 11.8. The van der Waals surface area contributed by atoms with Gasteiger partial charge < -0.3 is 0 Å². The number of H-pyrrole nitrogens is 1. The van der Waals surface area contributed by atoms with Crippen LogP contribution in [0.4, 0.5) is 0 Å². The molecule has 0 fully saturated rings. The summed E-state index contributed by atoms with van der Waals surface area (Å²) in [5.74, 6) is 0.590. The van der Waals surface area contributed by atoms with Gasteiger partial charge in [-0.05, 0) is 24.3 Å². The Bertz CT molecular complexity index is 684. The first-order chi connectivity index (χ1) is 7.86. The van der Waals surface area contributed by atoms with Crippen LogP contribution in [0.1, 0.15) is 0 Å². The molecular formula is C11H8N4O. The highest BCUT2D eigenvalue weighted by atomic mass is 16.1. The Balaban J connectivity index is 2.40. The third-order valence-corrected chi connectivity index (χ3v) is 2.33. The van der Waals surface area contributed by atoms with Crippen LogP contribution in [0.2, 0.25) is 0 Å². The smallest absolute Gasteiger partial charge is 0.290 e. The van der Waals surface area contributed by atoms with Crippen LogP contribution in [0.5, 0.6) is 0 Å². The topological polar surface area (TPSA) is 63.6 Å². The first kappa shape index (κ1) is 8.84. The minimum atomic E-state index is -0.229. The van der Waals surface area contributed by atoms with Crippen molar-refractivity contribution >= 4 is 11.2 Å². The Kier molecular flexibility index (Phi) is 1.83. The van der Waals surface area contributed by atoms with Crippen LogP contribution < -0.4 is 5.69 Å². The molecule has 5 nitrogen and oxygen atoms in total. The van der Waals surface area contributed by atoms with E-state index in [4.69, 9.17) is 0 Å². The lowest BCUT2D eigenvalue weighted by Gasteiger charge is -1.99. The van der Waals surface area contributed by atoms with Gasteiger partial charge in [-0.25, -0.2) is 19.3 Å². The van der Waals surface area contributed by atoms with E-state index in [1.807, 2.05) is 18.2 Å². The van der Waals surface area contributed by atoms with Gasteiger partial charge in [0.15, 0.2) is 5.65 Å². The van der Waals surface area contributed by atoms with Gasteiger partial charge in [-0.15, -0.1) is 0 Å². The molecule has 0 bridgehead atoms. The molecule has 1 N–H and O–H groups in total. The second-order valence-corrected chi connectivity index (χ2v) is 3.32. The molecule has 0 amide bonds. The Morgan fingerprint density at radius 2 is 1.94 bits per heavy atom. The zero-order valence-corrected chi connectivity index (χ0v) is 8.29. The number of hydrogen-bond acceptors (Lipinski definition) is 3. The second kappa shape index (κ2) is 3.30. The quantitative estimate of drug-likeness (QED) is 0.657. The first-order valence-corrected chi connectivity index (χ1v) is 4.83. The molecule has 0 saturated carbocycles. The molecule has 0 aliphatic carbocycles. The Morgan fingerprint density at radius 1 is 1.06 bits per heavy atom. The van der Waals surface area contributed by atoms with Gasteiger partial charge in [0.1, 0.15) is 5.82 Å². The van der Waals surface area contributed by atoms with Gasteiger partial charge in [0, 0.05) is 12.4 Å². The molecule has 0 aliphatic rings. The van der Waals surface area contributed by atoms with Crippen LogP contribution in [-0.4, -0.2) is 19.5 Å². The average molecular weight is 212 g/mol. The van der Waals surface area contributed by atoms with E-state index in [9.17, 15) is 4.79 Å². The fraction of sp³-hybridized carbons (Fsp3) is 0. The van der Waals surface area contributed by atoms with Gasteiger partial charge in [-0.3, -0.25) is 4.98 Å². The Morgan fingerprint density at radius 3 is 2.75 bits per heavy atom. The number of nitrogens with one attached hydrogen (secondary N) is 1. The summed E-state index contributed by atoms with van der Waals surface area (Å²) in [4.78, 5) is 22.7. The standard InChI is InChI=1S/C11H8N4O/c16-11-14-10-8(4-3-7-13-10)15(11)9-5-1-2-6-12-9/h1-7H,(H,13,14,16). The number of rotatable bonds is 1. The lowest BCUT2D eigenvalue weighted by molar-refractivity contribution is 0.966. The van der Waals surface area contributed by atoms with E-state index in [1.165, 1.54) is 4.57 Å². The number of aromatic nitrogens is 4. The van der Waals surface area contributed by atoms with Gasteiger partial charge in [0.25, 0.3) is 0 Å². The van der Waals surface area contributed by atoms with E-state index in [-0.39, 0.29) is 5.69 Å². The minimum absolute atomic E-state index is 0.229. The van der Waals surface area contributed by atoms with Crippen molar-refractivity contribution in [3.63, 3.8) is 0 Å². The number of nitrogens with zero attached hydrogens (tertiary/aromatic N) is 3. The number of fused-ring (bicyclic) bond motifs is 1.